The van der Waals surface area contributed by atoms with Crippen LogP contribution in [0.3, 0.4) is 0 Å². The van der Waals surface area contributed by atoms with Crippen molar-refractivity contribution >= 4 is 47.7 Å². The van der Waals surface area contributed by atoms with E-state index in [1.54, 1.807) is 23.2 Å². The number of carbonyl (C=O) groups is 1. The highest BCUT2D eigenvalue weighted by molar-refractivity contribution is 5.87. The third-order valence-corrected chi connectivity index (χ3v) is 4.02. The highest BCUT2D eigenvalue weighted by Crippen LogP contribution is 2.18. The van der Waals surface area contributed by atoms with Crippen molar-refractivity contribution in [3.63, 3.8) is 0 Å². The van der Waals surface area contributed by atoms with Gasteiger partial charge in [0.05, 0.1) is 12.9 Å². The van der Waals surface area contributed by atoms with Gasteiger partial charge in [0, 0.05) is 26.7 Å². The van der Waals surface area contributed by atoms with Crippen molar-refractivity contribution in [2.24, 2.45) is 11.7 Å². The Bertz CT molecular complexity index is 664. The number of imidazole rings is 1. The molecule has 0 aliphatic heterocycles. The molecule has 0 saturated carbocycles. The number of nitrogens with zero attached hydrogens (tertiary/aromatic N) is 5. The molecule has 10 heteroatoms. The number of carbonyl (C=O) groups excluding carboxylic acids is 1. The smallest absolute Gasteiger partial charge is 0.241 e. The zero-order valence-corrected chi connectivity index (χ0v) is 16.6. The first kappa shape index (κ1) is 23.4. The van der Waals surface area contributed by atoms with E-state index in [9.17, 15) is 4.79 Å². The van der Waals surface area contributed by atoms with E-state index in [0.717, 1.165) is 11.9 Å². The Balaban J connectivity index is 0.00000288. The minimum Gasteiger partial charge on any atom is -0.348 e. The van der Waals surface area contributed by atoms with E-state index >= 15 is 0 Å². The van der Waals surface area contributed by atoms with Crippen molar-refractivity contribution in [3.05, 3.63) is 12.7 Å². The van der Waals surface area contributed by atoms with Crippen molar-refractivity contribution in [1.82, 2.24) is 24.8 Å². The van der Waals surface area contributed by atoms with Gasteiger partial charge in [0.15, 0.2) is 11.5 Å². The molecular formula is C15H27Cl2N7O. The van der Waals surface area contributed by atoms with E-state index in [1.165, 1.54) is 6.33 Å². The van der Waals surface area contributed by atoms with Gasteiger partial charge in [-0.25, -0.2) is 15.0 Å². The van der Waals surface area contributed by atoms with Crippen LogP contribution in [0.4, 0.5) is 5.82 Å². The number of nitrogens with one attached hydrogen (secondary N) is 1. The number of rotatable bonds is 7. The van der Waals surface area contributed by atoms with Crippen LogP contribution in [0.5, 0.6) is 0 Å². The van der Waals surface area contributed by atoms with Gasteiger partial charge in [-0.3, -0.25) is 4.79 Å². The van der Waals surface area contributed by atoms with E-state index in [1.807, 2.05) is 7.05 Å². The second-order valence-electron chi connectivity index (χ2n) is 6.17. The molecule has 1 unspecified atom stereocenters. The van der Waals surface area contributed by atoms with Crippen LogP contribution in [0.1, 0.15) is 20.3 Å². The van der Waals surface area contributed by atoms with Crippen molar-refractivity contribution in [2.75, 3.05) is 32.1 Å². The number of hydrogen-bond acceptors (Lipinski definition) is 6. The standard InChI is InChI=1S/C15H25N7O.2ClH/c1-10(2)11(16)5-6-21(3)12(23)7-22(4)15-13-14(18-8-17-13)19-9-20-15;;/h8-11H,5-7,16H2,1-4H3,(H,17,18,19,20);2*1H. The van der Waals surface area contributed by atoms with Gasteiger partial charge < -0.3 is 20.5 Å². The molecule has 8 nitrogen and oxygen atoms in total. The molecule has 142 valence electrons. The van der Waals surface area contributed by atoms with Crippen LogP contribution in [0.2, 0.25) is 0 Å². The molecule has 2 heterocycles. The Morgan fingerprint density at radius 1 is 1.24 bits per heavy atom. The summed E-state index contributed by atoms with van der Waals surface area (Å²) in [5, 5.41) is 0. The number of likely N-dealkylation sites (N-methyl/N-ethyl adjacent to an activating group) is 2. The predicted molar refractivity (Wildman–Crippen MR) is 105 cm³/mol. The Morgan fingerprint density at radius 2 is 1.92 bits per heavy atom. The number of halogens is 2. The molecule has 0 aliphatic carbocycles. The van der Waals surface area contributed by atoms with Crippen molar-refractivity contribution in [2.45, 2.75) is 26.3 Å². The lowest BCUT2D eigenvalue weighted by Gasteiger charge is -2.24. The summed E-state index contributed by atoms with van der Waals surface area (Å²) in [6.07, 6.45) is 3.81. The van der Waals surface area contributed by atoms with E-state index in [2.05, 4.69) is 33.8 Å². The maximum Gasteiger partial charge on any atom is 0.241 e. The van der Waals surface area contributed by atoms with Crippen LogP contribution >= 0.6 is 24.8 Å². The van der Waals surface area contributed by atoms with Gasteiger partial charge in [0.1, 0.15) is 11.8 Å². The summed E-state index contributed by atoms with van der Waals surface area (Å²) in [7, 11) is 3.63. The summed E-state index contributed by atoms with van der Waals surface area (Å²) in [5.41, 5.74) is 7.35. The second kappa shape index (κ2) is 10.4. The molecule has 2 aromatic heterocycles. The summed E-state index contributed by atoms with van der Waals surface area (Å²) in [5.74, 6) is 1.10. The minimum atomic E-state index is 0. The summed E-state index contributed by atoms with van der Waals surface area (Å²) < 4.78 is 0. The van der Waals surface area contributed by atoms with E-state index < -0.39 is 0 Å². The third-order valence-electron chi connectivity index (χ3n) is 4.02. The average molecular weight is 392 g/mol. The Hall–Kier alpha value is -1.64. The number of H-pyrrole nitrogens is 1. The Labute approximate surface area is 160 Å². The minimum absolute atomic E-state index is 0. The highest BCUT2D eigenvalue weighted by Gasteiger charge is 2.17. The van der Waals surface area contributed by atoms with Crippen LogP contribution in [0, 0.1) is 5.92 Å². The molecule has 0 saturated heterocycles. The fraction of sp³-hybridized carbons (Fsp3) is 0.600. The van der Waals surface area contributed by atoms with Gasteiger partial charge in [0.2, 0.25) is 5.91 Å². The zero-order valence-electron chi connectivity index (χ0n) is 15.0. The van der Waals surface area contributed by atoms with Crippen LogP contribution in [0.15, 0.2) is 12.7 Å². The third kappa shape index (κ3) is 5.98. The lowest BCUT2D eigenvalue weighted by Crippen LogP contribution is -2.39. The Kier molecular flexibility index (Phi) is 9.69. The molecule has 0 spiro atoms. The molecule has 25 heavy (non-hydrogen) atoms. The van der Waals surface area contributed by atoms with E-state index in [0.29, 0.717) is 23.9 Å². The largest absolute Gasteiger partial charge is 0.348 e. The molecular weight excluding hydrogens is 365 g/mol. The number of anilines is 1. The molecule has 0 radical (unpaired) electrons. The number of aromatic amines is 1. The monoisotopic (exact) mass is 391 g/mol. The van der Waals surface area contributed by atoms with Gasteiger partial charge in [-0.1, -0.05) is 13.8 Å². The average Bonchev–Trinajstić information content (AvgIpc) is 3.00. The first-order chi connectivity index (χ1) is 10.9. The second-order valence-corrected chi connectivity index (χ2v) is 6.17. The molecule has 0 aliphatic rings. The zero-order chi connectivity index (χ0) is 17.0. The lowest BCUT2D eigenvalue weighted by atomic mass is 10.0. The maximum atomic E-state index is 12.4. The maximum absolute atomic E-state index is 12.4. The van der Waals surface area contributed by atoms with Gasteiger partial charge >= 0.3 is 0 Å². The predicted octanol–water partition coefficient (Wildman–Crippen LogP) is 1.46. The number of nitrogens with two attached hydrogens (primary N) is 1. The fourth-order valence-electron chi connectivity index (χ4n) is 2.24. The summed E-state index contributed by atoms with van der Waals surface area (Å²) >= 11 is 0. The van der Waals surface area contributed by atoms with Gasteiger partial charge in [-0.2, -0.15) is 0 Å². The molecule has 0 fully saturated rings. The summed E-state index contributed by atoms with van der Waals surface area (Å²) in [6.45, 7) is 5.06. The normalized spacial score (nSPS) is 11.6. The number of amides is 1. The molecule has 0 bridgehead atoms. The Morgan fingerprint density at radius 3 is 2.56 bits per heavy atom. The number of fused-ring (bicyclic) bond motifs is 1. The van der Waals surface area contributed by atoms with Crippen LogP contribution < -0.4 is 10.6 Å². The van der Waals surface area contributed by atoms with Crippen molar-refractivity contribution in [3.8, 4) is 0 Å². The molecule has 1 amide bonds. The summed E-state index contributed by atoms with van der Waals surface area (Å²) in [6, 6.07) is 0.106. The van der Waals surface area contributed by atoms with Gasteiger partial charge in [-0.05, 0) is 12.3 Å². The SMILES string of the molecule is CC(C)C(N)CCN(C)C(=O)CN(C)c1ncnc2nc[nH]c12.Cl.Cl. The van der Waals surface area contributed by atoms with Crippen LogP contribution in [-0.2, 0) is 4.79 Å². The molecule has 2 rings (SSSR count). The number of hydrogen-bond donors (Lipinski definition) is 2. The molecule has 3 N–H and O–H groups in total. The quantitative estimate of drug-likeness (QED) is 0.740. The summed E-state index contributed by atoms with van der Waals surface area (Å²) in [4.78, 5) is 31.3. The van der Waals surface area contributed by atoms with Gasteiger partial charge in [0.25, 0.3) is 0 Å². The van der Waals surface area contributed by atoms with E-state index in [-0.39, 0.29) is 43.3 Å². The van der Waals surface area contributed by atoms with Crippen molar-refractivity contribution < 1.29 is 4.79 Å². The first-order valence-corrected chi connectivity index (χ1v) is 7.75. The molecule has 1 atom stereocenters. The fourth-order valence-corrected chi connectivity index (χ4v) is 2.24. The van der Waals surface area contributed by atoms with Crippen LogP contribution in [-0.4, -0.2) is 64.0 Å². The topological polar surface area (TPSA) is 104 Å². The number of aromatic nitrogens is 4. The lowest BCUT2D eigenvalue weighted by molar-refractivity contribution is -0.128. The molecule has 2 aromatic rings. The van der Waals surface area contributed by atoms with Crippen LogP contribution in [0.25, 0.3) is 11.2 Å². The van der Waals surface area contributed by atoms with E-state index in [4.69, 9.17) is 5.73 Å². The van der Waals surface area contributed by atoms with Gasteiger partial charge in [-0.15, -0.1) is 24.8 Å². The van der Waals surface area contributed by atoms with Crippen molar-refractivity contribution in [1.29, 1.82) is 0 Å². The molecule has 0 aromatic carbocycles. The first-order valence-electron chi connectivity index (χ1n) is 7.75. The highest BCUT2D eigenvalue weighted by atomic mass is 35.5.